The van der Waals surface area contributed by atoms with Crippen LogP contribution >= 0.6 is 0 Å². The van der Waals surface area contributed by atoms with Gasteiger partial charge in [0.1, 0.15) is 5.82 Å². The van der Waals surface area contributed by atoms with E-state index >= 15 is 0 Å². The van der Waals surface area contributed by atoms with Crippen molar-refractivity contribution < 1.29 is 9.53 Å². The summed E-state index contributed by atoms with van der Waals surface area (Å²) in [5.41, 5.74) is 3.08. The summed E-state index contributed by atoms with van der Waals surface area (Å²) >= 11 is 0. The number of hydrogen-bond acceptors (Lipinski definition) is 3. The van der Waals surface area contributed by atoms with Crippen LogP contribution in [0.25, 0.3) is 16.7 Å². The number of amides is 1. The van der Waals surface area contributed by atoms with Crippen LogP contribution in [-0.4, -0.2) is 34.7 Å². The highest BCUT2D eigenvalue weighted by molar-refractivity contribution is 5.79. The molecular formula is C21H23N3O2. The highest BCUT2D eigenvalue weighted by Crippen LogP contribution is 2.22. The Hall–Kier alpha value is -2.66. The number of para-hydroxylation sites is 3. The molecule has 1 aliphatic heterocycles. The zero-order valence-corrected chi connectivity index (χ0v) is 14.7. The largest absolute Gasteiger partial charge is 0.376 e. The van der Waals surface area contributed by atoms with Crippen LogP contribution in [0.15, 0.2) is 54.6 Å². The molecule has 0 aliphatic carbocycles. The summed E-state index contributed by atoms with van der Waals surface area (Å²) in [5.74, 6) is 0.955. The fourth-order valence-corrected chi connectivity index (χ4v) is 3.46. The van der Waals surface area contributed by atoms with Crippen LogP contribution in [0.2, 0.25) is 0 Å². The third-order valence-electron chi connectivity index (χ3n) is 4.77. The van der Waals surface area contributed by atoms with E-state index in [0.717, 1.165) is 42.0 Å². The molecule has 1 aliphatic rings. The Balaban J connectivity index is 1.50. The van der Waals surface area contributed by atoms with Gasteiger partial charge in [-0.2, -0.15) is 0 Å². The van der Waals surface area contributed by atoms with Gasteiger partial charge in [-0.05, 0) is 37.1 Å². The molecule has 3 aromatic rings. The van der Waals surface area contributed by atoms with Crippen molar-refractivity contribution in [3.8, 4) is 5.69 Å². The fourth-order valence-electron chi connectivity index (χ4n) is 3.46. The first-order valence-electron chi connectivity index (χ1n) is 9.21. The SMILES string of the molecule is O=C(CCc1nc2ccccc2n1-c1ccccc1)NCC1CCCO1. The Morgan fingerprint density at radius 1 is 1.15 bits per heavy atom. The summed E-state index contributed by atoms with van der Waals surface area (Å²) in [6, 6.07) is 18.2. The Morgan fingerprint density at radius 3 is 2.77 bits per heavy atom. The molecule has 134 valence electrons. The van der Waals surface area contributed by atoms with Gasteiger partial charge in [0.2, 0.25) is 5.91 Å². The van der Waals surface area contributed by atoms with Gasteiger partial charge < -0.3 is 10.1 Å². The molecule has 1 saturated heterocycles. The van der Waals surface area contributed by atoms with Crippen LogP contribution in [0.4, 0.5) is 0 Å². The van der Waals surface area contributed by atoms with Gasteiger partial charge in [-0.25, -0.2) is 4.98 Å². The number of fused-ring (bicyclic) bond motifs is 1. The number of aryl methyl sites for hydroxylation is 1. The average Bonchev–Trinajstić information content (AvgIpc) is 3.32. The molecule has 1 amide bonds. The highest BCUT2D eigenvalue weighted by Gasteiger charge is 2.17. The van der Waals surface area contributed by atoms with Crippen LogP contribution in [0.1, 0.15) is 25.1 Å². The number of rotatable bonds is 6. The molecule has 1 unspecified atom stereocenters. The van der Waals surface area contributed by atoms with Crippen LogP contribution < -0.4 is 5.32 Å². The summed E-state index contributed by atoms with van der Waals surface area (Å²) in [4.78, 5) is 17.0. The highest BCUT2D eigenvalue weighted by atomic mass is 16.5. The molecule has 1 N–H and O–H groups in total. The molecule has 0 bridgehead atoms. The number of carbonyl (C=O) groups excluding carboxylic acids is 1. The summed E-state index contributed by atoms with van der Waals surface area (Å²) in [6.07, 6.45) is 3.31. The molecule has 2 aromatic carbocycles. The maximum absolute atomic E-state index is 12.2. The normalized spacial score (nSPS) is 16.8. The lowest BCUT2D eigenvalue weighted by Crippen LogP contribution is -2.32. The van der Waals surface area contributed by atoms with Crippen molar-refractivity contribution in [2.45, 2.75) is 31.8 Å². The number of carbonyl (C=O) groups is 1. The first-order valence-corrected chi connectivity index (χ1v) is 9.21. The number of nitrogens with zero attached hydrogens (tertiary/aromatic N) is 2. The van der Waals surface area contributed by atoms with Crippen LogP contribution in [0.3, 0.4) is 0 Å². The third kappa shape index (κ3) is 3.63. The molecule has 0 radical (unpaired) electrons. The average molecular weight is 349 g/mol. The number of ether oxygens (including phenoxy) is 1. The lowest BCUT2D eigenvalue weighted by Gasteiger charge is -2.11. The Labute approximate surface area is 153 Å². The third-order valence-corrected chi connectivity index (χ3v) is 4.77. The first-order chi connectivity index (χ1) is 12.8. The van der Waals surface area contributed by atoms with Gasteiger partial charge in [-0.1, -0.05) is 30.3 Å². The molecule has 0 saturated carbocycles. The van der Waals surface area contributed by atoms with Gasteiger partial charge in [-0.3, -0.25) is 9.36 Å². The number of nitrogens with one attached hydrogen (secondary N) is 1. The van der Waals surface area contributed by atoms with E-state index in [1.165, 1.54) is 0 Å². The number of hydrogen-bond donors (Lipinski definition) is 1. The van der Waals surface area contributed by atoms with Gasteiger partial charge >= 0.3 is 0 Å². The van der Waals surface area contributed by atoms with Crippen molar-refractivity contribution in [3.63, 3.8) is 0 Å². The van der Waals surface area contributed by atoms with Gasteiger partial charge in [0.25, 0.3) is 0 Å². The maximum Gasteiger partial charge on any atom is 0.220 e. The minimum atomic E-state index is 0.0483. The summed E-state index contributed by atoms with van der Waals surface area (Å²) in [7, 11) is 0. The van der Waals surface area contributed by atoms with E-state index in [9.17, 15) is 4.79 Å². The van der Waals surface area contributed by atoms with Crippen molar-refractivity contribution in [3.05, 3.63) is 60.4 Å². The number of aromatic nitrogens is 2. The zero-order valence-electron chi connectivity index (χ0n) is 14.7. The van der Waals surface area contributed by atoms with E-state index in [1.807, 2.05) is 36.4 Å². The van der Waals surface area contributed by atoms with E-state index in [2.05, 4.69) is 28.1 Å². The number of benzene rings is 2. The fraction of sp³-hybridized carbons (Fsp3) is 0.333. The maximum atomic E-state index is 12.2. The first kappa shape index (κ1) is 16.8. The summed E-state index contributed by atoms with van der Waals surface area (Å²) in [5, 5.41) is 2.99. The monoisotopic (exact) mass is 349 g/mol. The minimum absolute atomic E-state index is 0.0483. The molecular weight excluding hydrogens is 326 g/mol. The second-order valence-electron chi connectivity index (χ2n) is 6.63. The van der Waals surface area contributed by atoms with E-state index in [0.29, 0.717) is 19.4 Å². The molecule has 5 heteroatoms. The van der Waals surface area contributed by atoms with Crippen molar-refractivity contribution in [1.29, 1.82) is 0 Å². The van der Waals surface area contributed by atoms with Crippen molar-refractivity contribution in [2.24, 2.45) is 0 Å². The standard InChI is InChI=1S/C21H23N3O2/c25-21(22-15-17-9-6-14-26-17)13-12-20-23-18-10-4-5-11-19(18)24(20)16-7-2-1-3-8-16/h1-5,7-8,10-11,17H,6,9,12-15H2,(H,22,25). The minimum Gasteiger partial charge on any atom is -0.376 e. The van der Waals surface area contributed by atoms with Crippen molar-refractivity contribution in [2.75, 3.05) is 13.2 Å². The smallest absolute Gasteiger partial charge is 0.220 e. The molecule has 1 atom stereocenters. The molecule has 1 aromatic heterocycles. The molecule has 4 rings (SSSR count). The van der Waals surface area contributed by atoms with Gasteiger partial charge in [0, 0.05) is 31.7 Å². The van der Waals surface area contributed by atoms with Gasteiger partial charge in [0.05, 0.1) is 17.1 Å². The second-order valence-corrected chi connectivity index (χ2v) is 6.63. The van der Waals surface area contributed by atoms with Crippen LogP contribution in [0, 0.1) is 0 Å². The molecule has 1 fully saturated rings. The van der Waals surface area contributed by atoms with E-state index in [-0.39, 0.29) is 12.0 Å². The summed E-state index contributed by atoms with van der Waals surface area (Å²) in [6.45, 7) is 1.41. The Morgan fingerprint density at radius 2 is 1.96 bits per heavy atom. The zero-order chi connectivity index (χ0) is 17.8. The molecule has 0 spiro atoms. The Bertz CT molecular complexity index is 883. The van der Waals surface area contributed by atoms with E-state index < -0.39 is 0 Å². The van der Waals surface area contributed by atoms with Crippen molar-refractivity contribution in [1.82, 2.24) is 14.9 Å². The van der Waals surface area contributed by atoms with E-state index in [1.54, 1.807) is 0 Å². The lowest BCUT2D eigenvalue weighted by atomic mass is 10.2. The van der Waals surface area contributed by atoms with Crippen molar-refractivity contribution >= 4 is 16.9 Å². The van der Waals surface area contributed by atoms with Crippen LogP contribution in [-0.2, 0) is 16.0 Å². The Kier molecular flexibility index (Phi) is 4.97. The molecule has 5 nitrogen and oxygen atoms in total. The quantitative estimate of drug-likeness (QED) is 0.743. The molecule has 26 heavy (non-hydrogen) atoms. The number of imidazole rings is 1. The second kappa shape index (κ2) is 7.70. The van der Waals surface area contributed by atoms with Crippen LogP contribution in [0.5, 0.6) is 0 Å². The lowest BCUT2D eigenvalue weighted by molar-refractivity contribution is -0.121. The van der Waals surface area contributed by atoms with Gasteiger partial charge in [-0.15, -0.1) is 0 Å². The van der Waals surface area contributed by atoms with Gasteiger partial charge in [0.15, 0.2) is 0 Å². The molecule has 2 heterocycles. The topological polar surface area (TPSA) is 56.2 Å². The van der Waals surface area contributed by atoms with E-state index in [4.69, 9.17) is 9.72 Å². The predicted molar refractivity (Wildman–Crippen MR) is 101 cm³/mol. The summed E-state index contributed by atoms with van der Waals surface area (Å²) < 4.78 is 7.69. The predicted octanol–water partition coefficient (Wildman–Crippen LogP) is 3.25.